The van der Waals surface area contributed by atoms with Gasteiger partial charge in [-0.1, -0.05) is 6.07 Å². The zero-order valence-corrected chi connectivity index (χ0v) is 20.4. The number of nitrogens with zero attached hydrogens (tertiary/aromatic N) is 3. The molecule has 1 aromatic carbocycles. The summed E-state index contributed by atoms with van der Waals surface area (Å²) in [5, 5.41) is 2.90. The van der Waals surface area contributed by atoms with Crippen LogP contribution in [0.3, 0.4) is 0 Å². The highest BCUT2D eigenvalue weighted by atomic mass is 32.1. The third kappa shape index (κ3) is 5.67. The van der Waals surface area contributed by atoms with Gasteiger partial charge in [0.05, 0.1) is 41.0 Å². The monoisotopic (exact) mass is 496 g/mol. The summed E-state index contributed by atoms with van der Waals surface area (Å²) in [4.78, 5) is 23.5. The molecule has 10 heteroatoms. The Morgan fingerprint density at radius 3 is 2.66 bits per heavy atom. The van der Waals surface area contributed by atoms with E-state index in [1.807, 2.05) is 18.2 Å². The van der Waals surface area contributed by atoms with Crippen molar-refractivity contribution in [2.24, 2.45) is 0 Å². The Balaban J connectivity index is 1.55. The fourth-order valence-electron chi connectivity index (χ4n) is 3.43. The third-order valence-electron chi connectivity index (χ3n) is 5.27. The number of thiophene rings is 1. The molecule has 0 bridgehead atoms. The van der Waals surface area contributed by atoms with Crippen LogP contribution in [0.5, 0.6) is 11.5 Å². The van der Waals surface area contributed by atoms with Gasteiger partial charge in [-0.3, -0.25) is 9.97 Å². The molecule has 0 spiro atoms. The maximum atomic E-state index is 14.4. The molecule has 35 heavy (non-hydrogen) atoms. The van der Waals surface area contributed by atoms with E-state index in [-0.39, 0.29) is 5.75 Å². The number of aromatic nitrogens is 2. The van der Waals surface area contributed by atoms with Crippen molar-refractivity contribution in [2.45, 2.75) is 6.54 Å². The first-order chi connectivity index (χ1) is 17.0. The molecule has 0 saturated carbocycles. The summed E-state index contributed by atoms with van der Waals surface area (Å²) in [7, 11) is 4.66. The Bertz CT molecular complexity index is 1310. The fourth-order valence-corrected chi connectivity index (χ4v) is 4.47. The number of ether oxygens (including phenoxy) is 3. The minimum absolute atomic E-state index is 0.137. The summed E-state index contributed by atoms with van der Waals surface area (Å²) in [6, 6.07) is 12.2. The van der Waals surface area contributed by atoms with Crippen molar-refractivity contribution in [1.29, 1.82) is 0 Å². The van der Waals surface area contributed by atoms with Crippen molar-refractivity contribution in [3.63, 3.8) is 0 Å². The number of carbonyl (C=O) groups is 1. The number of pyridine rings is 2. The predicted octanol–water partition coefficient (Wildman–Crippen LogP) is 5.55. The van der Waals surface area contributed by atoms with Gasteiger partial charge in [0.1, 0.15) is 5.75 Å². The largest absolute Gasteiger partial charge is 0.453 e. The Morgan fingerprint density at radius 2 is 1.97 bits per heavy atom. The molecular formula is C25H25FN4O4S. The van der Waals surface area contributed by atoms with Crippen molar-refractivity contribution >= 4 is 33.3 Å². The average Bonchev–Trinajstić information content (AvgIpc) is 3.33. The number of hydrogen-bond donors (Lipinski definition) is 1. The molecular weight excluding hydrogens is 471 g/mol. The molecule has 1 N–H and O–H groups in total. The first-order valence-corrected chi connectivity index (χ1v) is 11.6. The number of amides is 1. The smallest absolute Gasteiger partial charge is 0.409 e. The van der Waals surface area contributed by atoms with Crippen LogP contribution in [-0.4, -0.2) is 55.4 Å². The van der Waals surface area contributed by atoms with E-state index < -0.39 is 11.9 Å². The summed E-state index contributed by atoms with van der Waals surface area (Å²) >= 11 is 1.46. The van der Waals surface area contributed by atoms with E-state index in [2.05, 4.69) is 15.3 Å². The summed E-state index contributed by atoms with van der Waals surface area (Å²) in [6.45, 7) is 1.17. The third-order valence-corrected chi connectivity index (χ3v) is 6.43. The molecule has 0 radical (unpaired) electrons. The molecule has 0 aliphatic carbocycles. The van der Waals surface area contributed by atoms with Gasteiger partial charge in [-0.25, -0.2) is 9.18 Å². The Morgan fingerprint density at radius 1 is 1.11 bits per heavy atom. The lowest BCUT2D eigenvalue weighted by Crippen LogP contribution is -2.33. The number of fused-ring (bicyclic) bond motifs is 1. The van der Waals surface area contributed by atoms with E-state index in [0.717, 1.165) is 26.4 Å². The lowest BCUT2D eigenvalue weighted by atomic mass is 10.2. The quantitative estimate of drug-likeness (QED) is 0.325. The van der Waals surface area contributed by atoms with Gasteiger partial charge in [-0.15, -0.1) is 11.3 Å². The highest BCUT2D eigenvalue weighted by Gasteiger charge is 2.16. The summed E-state index contributed by atoms with van der Waals surface area (Å²) < 4.78 is 31.0. The molecule has 0 aliphatic rings. The number of anilines is 1. The van der Waals surface area contributed by atoms with Gasteiger partial charge >= 0.3 is 6.09 Å². The summed E-state index contributed by atoms with van der Waals surface area (Å²) in [5.41, 5.74) is 3.01. The lowest BCUT2D eigenvalue weighted by molar-refractivity contribution is 0.100. The first kappa shape index (κ1) is 24.4. The highest BCUT2D eigenvalue weighted by molar-refractivity contribution is 7.22. The van der Waals surface area contributed by atoms with Gasteiger partial charge in [0.15, 0.2) is 11.6 Å². The van der Waals surface area contributed by atoms with E-state index in [4.69, 9.17) is 14.2 Å². The lowest BCUT2D eigenvalue weighted by Gasteiger charge is -2.20. The zero-order valence-electron chi connectivity index (χ0n) is 19.6. The minimum atomic E-state index is -0.456. The van der Waals surface area contributed by atoms with Crippen LogP contribution in [0.2, 0.25) is 0 Å². The van der Waals surface area contributed by atoms with Crippen LogP contribution in [0, 0.1) is 5.82 Å². The number of benzene rings is 1. The Labute approximate surface area is 206 Å². The van der Waals surface area contributed by atoms with Crippen molar-refractivity contribution in [2.75, 3.05) is 39.7 Å². The maximum Gasteiger partial charge on any atom is 0.409 e. The van der Waals surface area contributed by atoms with Gasteiger partial charge in [0.2, 0.25) is 0 Å². The molecule has 1 amide bonds. The number of halogens is 1. The van der Waals surface area contributed by atoms with Gasteiger partial charge in [0.25, 0.3) is 0 Å². The van der Waals surface area contributed by atoms with Gasteiger partial charge in [-0.05, 0) is 29.8 Å². The van der Waals surface area contributed by atoms with Crippen LogP contribution in [0.15, 0.2) is 54.9 Å². The van der Waals surface area contributed by atoms with Crippen LogP contribution in [0.4, 0.5) is 14.9 Å². The Hall–Kier alpha value is -3.76. The number of methoxy groups -OCH3 is 2. The number of hydrogen-bond acceptors (Lipinski definition) is 8. The van der Waals surface area contributed by atoms with Gasteiger partial charge in [-0.2, -0.15) is 0 Å². The topological polar surface area (TPSA) is 85.8 Å². The van der Waals surface area contributed by atoms with Crippen LogP contribution < -0.4 is 10.1 Å². The van der Waals surface area contributed by atoms with Crippen molar-refractivity contribution in [1.82, 2.24) is 14.9 Å². The van der Waals surface area contributed by atoms with E-state index in [1.165, 1.54) is 24.5 Å². The van der Waals surface area contributed by atoms with Gasteiger partial charge < -0.3 is 24.4 Å². The predicted molar refractivity (Wildman–Crippen MR) is 134 cm³/mol. The molecule has 0 unspecified atom stereocenters. The van der Waals surface area contributed by atoms with Gasteiger partial charge in [0, 0.05) is 50.9 Å². The minimum Gasteiger partial charge on any atom is -0.453 e. The fraction of sp³-hybridized carbons (Fsp3) is 0.240. The molecule has 0 aliphatic heterocycles. The molecule has 0 fully saturated rings. The van der Waals surface area contributed by atoms with Crippen molar-refractivity contribution in [3.05, 3.63) is 66.2 Å². The van der Waals surface area contributed by atoms with Crippen molar-refractivity contribution < 1.29 is 23.4 Å². The van der Waals surface area contributed by atoms with E-state index in [0.29, 0.717) is 31.1 Å². The maximum absolute atomic E-state index is 14.4. The van der Waals surface area contributed by atoms with Crippen LogP contribution in [-0.2, 0) is 16.0 Å². The molecule has 8 nitrogen and oxygen atoms in total. The number of carbonyl (C=O) groups excluding carboxylic acids is 1. The summed E-state index contributed by atoms with van der Waals surface area (Å²) in [5.74, 6) is 0.200. The second-order valence-corrected chi connectivity index (χ2v) is 8.62. The Kier molecular flexibility index (Phi) is 7.74. The molecule has 0 saturated heterocycles. The number of nitrogens with one attached hydrogen (secondary N) is 1. The molecule has 3 heterocycles. The molecule has 182 valence electrons. The summed E-state index contributed by atoms with van der Waals surface area (Å²) in [6.07, 6.45) is 2.93. The molecule has 4 aromatic rings. The molecule has 0 atom stereocenters. The number of rotatable bonds is 9. The second kappa shape index (κ2) is 11.1. The zero-order chi connectivity index (χ0) is 24.8. The van der Waals surface area contributed by atoms with Crippen LogP contribution >= 0.6 is 11.3 Å². The highest BCUT2D eigenvalue weighted by Crippen LogP contribution is 2.39. The standard InChI is InChI=1S/C25H25FN4O4S/c1-27-17-5-7-21(18(26)12-17)34-22-8-9-28-20-13-23(35-24(20)22)19-6-4-16(14-29-19)15-30(10-11-32-2)25(31)33-3/h4-9,12-14,27H,10-11,15H2,1-3H3. The second-order valence-electron chi connectivity index (χ2n) is 7.57. The van der Waals surface area contributed by atoms with E-state index in [9.17, 15) is 9.18 Å². The molecule has 4 rings (SSSR count). The van der Waals surface area contributed by atoms with Crippen molar-refractivity contribution in [3.8, 4) is 22.1 Å². The van der Waals surface area contributed by atoms with Crippen LogP contribution in [0.1, 0.15) is 5.56 Å². The van der Waals surface area contributed by atoms with E-state index in [1.54, 1.807) is 49.7 Å². The molecule has 3 aromatic heterocycles. The first-order valence-electron chi connectivity index (χ1n) is 10.8. The SMILES string of the molecule is CNc1ccc(Oc2ccnc3cc(-c4ccc(CN(CCOC)C(=O)OC)cn4)sc23)c(F)c1. The normalized spacial score (nSPS) is 10.9. The van der Waals surface area contributed by atoms with Crippen LogP contribution in [0.25, 0.3) is 20.8 Å². The van der Waals surface area contributed by atoms with E-state index >= 15 is 0 Å². The average molecular weight is 497 g/mol.